The van der Waals surface area contributed by atoms with Gasteiger partial charge in [-0.3, -0.25) is 0 Å². The summed E-state index contributed by atoms with van der Waals surface area (Å²) in [5, 5.41) is 1.26. The fraction of sp³-hybridized carbons (Fsp3) is 0.0714. The van der Waals surface area contributed by atoms with Crippen LogP contribution in [0.3, 0.4) is 0 Å². The first-order valence-electron chi connectivity index (χ1n) is 5.38. The molecular weight excluding hydrogens is 196 g/mol. The maximum atomic E-state index is 2.20. The molecule has 0 N–H and O–H groups in total. The Labute approximate surface area is 94.4 Å². The number of aryl methyl sites for hydroxylation is 1. The fourth-order valence-corrected chi connectivity index (χ4v) is 2.11. The van der Waals surface area contributed by atoms with E-state index in [1.807, 2.05) is 6.07 Å². The summed E-state index contributed by atoms with van der Waals surface area (Å²) in [6.45, 7) is 0. The Morgan fingerprint density at radius 1 is 0.875 bits per heavy atom. The first kappa shape index (κ1) is 9.16. The summed E-state index contributed by atoms with van der Waals surface area (Å²) in [5.74, 6) is 0. The van der Waals surface area contributed by atoms with Gasteiger partial charge < -0.3 is 0 Å². The van der Waals surface area contributed by atoms with E-state index < -0.39 is 0 Å². The van der Waals surface area contributed by atoms with Crippen molar-refractivity contribution in [1.82, 2.24) is 4.68 Å². The molecule has 1 heterocycles. The molecule has 0 amide bonds. The molecule has 2 aromatic carbocycles. The van der Waals surface area contributed by atoms with Crippen LogP contribution in [-0.4, -0.2) is 4.68 Å². The number of aromatic nitrogens is 2. The highest BCUT2D eigenvalue weighted by molar-refractivity contribution is 5.78. The van der Waals surface area contributed by atoms with Gasteiger partial charge in [0.25, 0.3) is 0 Å². The Balaban J connectivity index is 2.35. The molecule has 0 aliphatic carbocycles. The predicted octanol–water partition coefficient (Wildman–Crippen LogP) is 2.46. The molecular formula is C14H13N2+. The molecule has 3 aromatic rings. The molecule has 0 unspecified atom stereocenters. The zero-order valence-corrected chi connectivity index (χ0v) is 9.17. The number of para-hydroxylation sites is 2. The zero-order chi connectivity index (χ0) is 11.0. The quantitative estimate of drug-likeness (QED) is 0.544. The van der Waals surface area contributed by atoms with Crippen LogP contribution in [0.15, 0.2) is 60.8 Å². The van der Waals surface area contributed by atoms with Crippen molar-refractivity contribution in [2.75, 3.05) is 0 Å². The van der Waals surface area contributed by atoms with Crippen molar-refractivity contribution in [3.05, 3.63) is 60.8 Å². The van der Waals surface area contributed by atoms with Gasteiger partial charge in [-0.05, 0) is 24.3 Å². The van der Waals surface area contributed by atoms with Crippen molar-refractivity contribution in [1.29, 1.82) is 0 Å². The van der Waals surface area contributed by atoms with Gasteiger partial charge in [0.2, 0.25) is 6.20 Å². The summed E-state index contributed by atoms with van der Waals surface area (Å²) in [5.41, 5.74) is 2.42. The second-order valence-corrected chi connectivity index (χ2v) is 3.91. The van der Waals surface area contributed by atoms with E-state index in [1.165, 1.54) is 16.6 Å². The summed E-state index contributed by atoms with van der Waals surface area (Å²) < 4.78 is 4.31. The van der Waals surface area contributed by atoms with Crippen LogP contribution in [0.4, 0.5) is 0 Å². The Hall–Kier alpha value is -2.09. The maximum absolute atomic E-state index is 2.20. The molecule has 0 fully saturated rings. The first-order chi connectivity index (χ1) is 7.86. The Morgan fingerprint density at radius 3 is 2.38 bits per heavy atom. The van der Waals surface area contributed by atoms with Gasteiger partial charge in [-0.15, -0.1) is 9.36 Å². The van der Waals surface area contributed by atoms with Crippen LogP contribution in [0.2, 0.25) is 0 Å². The lowest BCUT2D eigenvalue weighted by atomic mass is 10.2. The molecule has 2 nitrogen and oxygen atoms in total. The van der Waals surface area contributed by atoms with Crippen LogP contribution in [0.1, 0.15) is 0 Å². The molecule has 16 heavy (non-hydrogen) atoms. The largest absolute Gasteiger partial charge is 0.203 e. The molecule has 0 saturated heterocycles. The predicted molar refractivity (Wildman–Crippen MR) is 64.5 cm³/mol. The van der Waals surface area contributed by atoms with E-state index in [9.17, 15) is 0 Å². The summed E-state index contributed by atoms with van der Waals surface area (Å²) in [7, 11) is 2.06. The third-order valence-corrected chi connectivity index (χ3v) is 2.81. The summed E-state index contributed by atoms with van der Waals surface area (Å²) in [6.07, 6.45) is 2.14. The van der Waals surface area contributed by atoms with E-state index in [4.69, 9.17) is 0 Å². The molecule has 0 spiro atoms. The normalized spacial score (nSPS) is 10.8. The molecule has 0 radical (unpaired) electrons. The molecule has 78 valence electrons. The van der Waals surface area contributed by atoms with Crippen molar-refractivity contribution in [2.24, 2.45) is 7.05 Å². The third-order valence-electron chi connectivity index (χ3n) is 2.81. The van der Waals surface area contributed by atoms with E-state index in [1.54, 1.807) is 0 Å². The lowest BCUT2D eigenvalue weighted by Crippen LogP contribution is -2.36. The minimum atomic E-state index is 1.19. The van der Waals surface area contributed by atoms with Crippen molar-refractivity contribution >= 4 is 10.9 Å². The van der Waals surface area contributed by atoms with E-state index in [2.05, 4.69) is 71.1 Å². The average molecular weight is 209 g/mol. The summed E-state index contributed by atoms with van der Waals surface area (Å²) in [4.78, 5) is 0. The Bertz CT molecular complexity index is 624. The highest BCUT2D eigenvalue weighted by Gasteiger charge is 2.12. The van der Waals surface area contributed by atoms with Gasteiger partial charge in [0, 0.05) is 0 Å². The highest BCUT2D eigenvalue weighted by atomic mass is 15.4. The van der Waals surface area contributed by atoms with Crippen LogP contribution < -0.4 is 4.68 Å². The number of hydrogen-bond donors (Lipinski definition) is 0. The number of hydrogen-bond acceptors (Lipinski definition) is 0. The molecule has 0 atom stereocenters. The second kappa shape index (κ2) is 3.49. The third kappa shape index (κ3) is 1.31. The van der Waals surface area contributed by atoms with Crippen LogP contribution in [0, 0.1) is 0 Å². The van der Waals surface area contributed by atoms with E-state index in [-0.39, 0.29) is 0 Å². The van der Waals surface area contributed by atoms with Crippen molar-refractivity contribution in [3.63, 3.8) is 0 Å². The van der Waals surface area contributed by atoms with E-state index >= 15 is 0 Å². The zero-order valence-electron chi connectivity index (χ0n) is 9.17. The minimum absolute atomic E-state index is 1.19. The number of benzene rings is 2. The smallest absolute Gasteiger partial charge is 0.121 e. The Kier molecular flexibility index (Phi) is 2.00. The first-order valence-corrected chi connectivity index (χ1v) is 5.38. The Morgan fingerprint density at radius 2 is 1.56 bits per heavy atom. The number of rotatable bonds is 1. The fourth-order valence-electron chi connectivity index (χ4n) is 2.11. The minimum Gasteiger partial charge on any atom is -0.121 e. The van der Waals surface area contributed by atoms with E-state index in [0.717, 1.165) is 0 Å². The molecule has 0 saturated carbocycles. The van der Waals surface area contributed by atoms with Crippen LogP contribution in [-0.2, 0) is 7.05 Å². The molecule has 0 bridgehead atoms. The molecule has 3 rings (SSSR count). The number of nitrogens with zero attached hydrogens (tertiary/aromatic N) is 2. The van der Waals surface area contributed by atoms with Gasteiger partial charge in [0.15, 0.2) is 7.05 Å². The number of fused-ring (bicyclic) bond motifs is 1. The monoisotopic (exact) mass is 209 g/mol. The van der Waals surface area contributed by atoms with Crippen molar-refractivity contribution < 1.29 is 4.68 Å². The summed E-state index contributed by atoms with van der Waals surface area (Å²) >= 11 is 0. The lowest BCUT2D eigenvalue weighted by molar-refractivity contribution is -0.741. The molecule has 0 aliphatic heterocycles. The highest BCUT2D eigenvalue weighted by Crippen LogP contribution is 2.15. The standard InChI is InChI=1S/C14H13N2/c1-15-11-12-7-5-6-10-14(12)16(15)13-8-3-2-4-9-13/h2-11H,1H3/q+1. The van der Waals surface area contributed by atoms with Gasteiger partial charge in [-0.1, -0.05) is 30.3 Å². The van der Waals surface area contributed by atoms with Gasteiger partial charge in [-0.25, -0.2) is 0 Å². The van der Waals surface area contributed by atoms with Crippen LogP contribution in [0.25, 0.3) is 16.6 Å². The topological polar surface area (TPSA) is 8.81 Å². The van der Waals surface area contributed by atoms with Crippen molar-refractivity contribution in [3.8, 4) is 5.69 Å². The summed E-state index contributed by atoms with van der Waals surface area (Å²) in [6, 6.07) is 18.8. The molecule has 0 aliphatic rings. The van der Waals surface area contributed by atoms with Crippen LogP contribution >= 0.6 is 0 Å². The van der Waals surface area contributed by atoms with Gasteiger partial charge in [0.1, 0.15) is 11.2 Å². The van der Waals surface area contributed by atoms with E-state index in [0.29, 0.717) is 0 Å². The van der Waals surface area contributed by atoms with Crippen LogP contribution in [0.5, 0.6) is 0 Å². The SMILES string of the molecule is C[n+]1cc2ccccc2n1-c1ccccc1. The van der Waals surface area contributed by atoms with Gasteiger partial charge >= 0.3 is 0 Å². The van der Waals surface area contributed by atoms with Gasteiger partial charge in [0.05, 0.1) is 5.39 Å². The second-order valence-electron chi connectivity index (χ2n) is 3.91. The maximum Gasteiger partial charge on any atom is 0.203 e. The van der Waals surface area contributed by atoms with Gasteiger partial charge in [-0.2, -0.15) is 0 Å². The van der Waals surface area contributed by atoms with Crippen molar-refractivity contribution in [2.45, 2.75) is 0 Å². The molecule has 2 heteroatoms. The molecule has 1 aromatic heterocycles. The average Bonchev–Trinajstić information content (AvgIpc) is 2.66. The lowest BCUT2D eigenvalue weighted by Gasteiger charge is -2.00.